The van der Waals surface area contributed by atoms with Crippen LogP contribution >= 0.6 is 11.3 Å². The predicted molar refractivity (Wildman–Crippen MR) is 77.4 cm³/mol. The maximum atomic E-state index is 5.64. The highest BCUT2D eigenvalue weighted by Gasteiger charge is 2.03. The zero-order valence-electron chi connectivity index (χ0n) is 9.71. The SMILES string of the molecule is Nc1csc(-c2ccc(-c3ccccc3)cc2)n1. The maximum Gasteiger partial charge on any atom is 0.135 e. The molecule has 2 N–H and O–H groups in total. The zero-order valence-corrected chi connectivity index (χ0v) is 10.5. The zero-order chi connectivity index (χ0) is 12.4. The largest absolute Gasteiger partial charge is 0.383 e. The van der Waals surface area contributed by atoms with Crippen LogP contribution in [0.5, 0.6) is 0 Å². The number of hydrogen-bond donors (Lipinski definition) is 1. The van der Waals surface area contributed by atoms with Crippen LogP contribution in [0, 0.1) is 0 Å². The van der Waals surface area contributed by atoms with Crippen molar-refractivity contribution < 1.29 is 0 Å². The second-order valence-corrected chi connectivity index (χ2v) is 4.88. The van der Waals surface area contributed by atoms with Gasteiger partial charge in [0, 0.05) is 10.9 Å². The minimum atomic E-state index is 0.585. The predicted octanol–water partition coefficient (Wildman–Crippen LogP) is 4.06. The van der Waals surface area contributed by atoms with E-state index < -0.39 is 0 Å². The van der Waals surface area contributed by atoms with Crippen molar-refractivity contribution in [2.75, 3.05) is 5.73 Å². The molecule has 18 heavy (non-hydrogen) atoms. The molecule has 0 aliphatic heterocycles. The summed E-state index contributed by atoms with van der Waals surface area (Å²) >= 11 is 1.57. The standard InChI is InChI=1S/C15H12N2S/c16-14-10-18-15(17-14)13-8-6-12(7-9-13)11-4-2-1-3-5-11/h1-10H,16H2. The molecule has 0 unspecified atom stereocenters. The normalized spacial score (nSPS) is 10.4. The van der Waals surface area contributed by atoms with Crippen LogP contribution in [0.4, 0.5) is 5.82 Å². The molecule has 1 aromatic heterocycles. The molecule has 88 valence electrons. The number of rotatable bonds is 2. The molecule has 0 bridgehead atoms. The fraction of sp³-hybridized carbons (Fsp3) is 0. The minimum absolute atomic E-state index is 0.585. The average Bonchev–Trinajstić information content (AvgIpc) is 2.87. The van der Waals surface area contributed by atoms with E-state index in [0.29, 0.717) is 5.82 Å². The van der Waals surface area contributed by atoms with Gasteiger partial charge in [-0.2, -0.15) is 0 Å². The summed E-state index contributed by atoms with van der Waals surface area (Å²) in [5.74, 6) is 0.585. The van der Waals surface area contributed by atoms with E-state index in [1.807, 2.05) is 23.6 Å². The van der Waals surface area contributed by atoms with E-state index >= 15 is 0 Å². The van der Waals surface area contributed by atoms with Crippen molar-refractivity contribution in [3.05, 3.63) is 60.0 Å². The molecular weight excluding hydrogens is 240 g/mol. The summed E-state index contributed by atoms with van der Waals surface area (Å²) in [6, 6.07) is 18.7. The number of nitrogen functional groups attached to an aromatic ring is 1. The van der Waals surface area contributed by atoms with Crippen LogP contribution in [0.15, 0.2) is 60.0 Å². The van der Waals surface area contributed by atoms with Gasteiger partial charge in [-0.25, -0.2) is 4.98 Å². The molecule has 0 saturated carbocycles. The third-order valence-corrected chi connectivity index (χ3v) is 3.67. The Balaban J connectivity index is 1.94. The Labute approximate surface area is 110 Å². The molecule has 2 nitrogen and oxygen atoms in total. The van der Waals surface area contributed by atoms with E-state index in [9.17, 15) is 0 Å². The van der Waals surface area contributed by atoms with Gasteiger partial charge in [0.05, 0.1) is 0 Å². The van der Waals surface area contributed by atoms with E-state index in [-0.39, 0.29) is 0 Å². The van der Waals surface area contributed by atoms with Gasteiger partial charge in [-0.3, -0.25) is 0 Å². The molecular formula is C15H12N2S. The first-order valence-corrected chi connectivity index (χ1v) is 6.58. The summed E-state index contributed by atoms with van der Waals surface area (Å²) in [5.41, 5.74) is 9.18. The molecule has 0 saturated heterocycles. The van der Waals surface area contributed by atoms with Gasteiger partial charge in [-0.05, 0) is 11.1 Å². The van der Waals surface area contributed by atoms with Gasteiger partial charge in [-0.15, -0.1) is 11.3 Å². The Morgan fingerprint density at radius 2 is 1.39 bits per heavy atom. The van der Waals surface area contributed by atoms with Crippen LogP contribution in [-0.2, 0) is 0 Å². The van der Waals surface area contributed by atoms with Crippen LogP contribution < -0.4 is 5.73 Å². The first-order chi connectivity index (χ1) is 8.83. The quantitative estimate of drug-likeness (QED) is 0.747. The Morgan fingerprint density at radius 1 is 0.778 bits per heavy atom. The van der Waals surface area contributed by atoms with Gasteiger partial charge in [0.15, 0.2) is 0 Å². The summed E-state index contributed by atoms with van der Waals surface area (Å²) in [7, 11) is 0. The van der Waals surface area contributed by atoms with Crippen LogP contribution in [0.2, 0.25) is 0 Å². The third kappa shape index (κ3) is 2.13. The Kier molecular flexibility index (Phi) is 2.82. The molecule has 0 atom stereocenters. The van der Waals surface area contributed by atoms with E-state index in [1.54, 1.807) is 11.3 Å². The van der Waals surface area contributed by atoms with E-state index in [4.69, 9.17) is 5.73 Å². The minimum Gasteiger partial charge on any atom is -0.383 e. The highest BCUT2D eigenvalue weighted by Crippen LogP contribution is 2.27. The number of aromatic nitrogens is 1. The molecule has 3 rings (SSSR count). The second-order valence-electron chi connectivity index (χ2n) is 4.02. The van der Waals surface area contributed by atoms with E-state index in [0.717, 1.165) is 10.6 Å². The number of thiazole rings is 1. The van der Waals surface area contributed by atoms with Gasteiger partial charge in [0.2, 0.25) is 0 Å². The maximum absolute atomic E-state index is 5.64. The molecule has 0 aliphatic rings. The van der Waals surface area contributed by atoms with Crippen molar-refractivity contribution in [2.24, 2.45) is 0 Å². The fourth-order valence-electron chi connectivity index (χ4n) is 1.85. The van der Waals surface area contributed by atoms with Crippen molar-refractivity contribution in [3.8, 4) is 21.7 Å². The average molecular weight is 252 g/mol. The fourth-order valence-corrected chi connectivity index (χ4v) is 2.57. The van der Waals surface area contributed by atoms with Crippen LogP contribution in [-0.4, -0.2) is 4.98 Å². The third-order valence-electron chi connectivity index (χ3n) is 2.76. The van der Waals surface area contributed by atoms with Gasteiger partial charge >= 0.3 is 0 Å². The summed E-state index contributed by atoms with van der Waals surface area (Å²) in [6.45, 7) is 0. The lowest BCUT2D eigenvalue weighted by atomic mass is 10.0. The van der Waals surface area contributed by atoms with Crippen LogP contribution in [0.3, 0.4) is 0 Å². The number of nitrogens with two attached hydrogens (primary N) is 1. The van der Waals surface area contributed by atoms with Gasteiger partial charge < -0.3 is 5.73 Å². The molecule has 0 aliphatic carbocycles. The summed E-state index contributed by atoms with van der Waals surface area (Å²) < 4.78 is 0. The molecule has 0 amide bonds. The topological polar surface area (TPSA) is 38.9 Å². The number of hydrogen-bond acceptors (Lipinski definition) is 3. The molecule has 2 aromatic carbocycles. The molecule has 1 heterocycles. The molecule has 3 aromatic rings. The molecule has 0 fully saturated rings. The first-order valence-electron chi connectivity index (χ1n) is 5.70. The number of anilines is 1. The lowest BCUT2D eigenvalue weighted by molar-refractivity contribution is 1.42. The monoisotopic (exact) mass is 252 g/mol. The highest BCUT2D eigenvalue weighted by atomic mass is 32.1. The van der Waals surface area contributed by atoms with E-state index in [1.165, 1.54) is 11.1 Å². The van der Waals surface area contributed by atoms with Crippen molar-refractivity contribution in [1.82, 2.24) is 4.98 Å². The summed E-state index contributed by atoms with van der Waals surface area (Å²) in [5, 5.41) is 2.83. The second kappa shape index (κ2) is 4.63. The molecule has 0 radical (unpaired) electrons. The summed E-state index contributed by atoms with van der Waals surface area (Å²) in [4.78, 5) is 4.28. The lowest BCUT2D eigenvalue weighted by Gasteiger charge is -2.02. The Bertz CT molecular complexity index is 642. The van der Waals surface area contributed by atoms with Gasteiger partial charge in [0.1, 0.15) is 10.8 Å². The van der Waals surface area contributed by atoms with Gasteiger partial charge in [-0.1, -0.05) is 54.6 Å². The van der Waals surface area contributed by atoms with Crippen molar-refractivity contribution in [1.29, 1.82) is 0 Å². The van der Waals surface area contributed by atoms with Crippen molar-refractivity contribution >= 4 is 17.2 Å². The highest BCUT2D eigenvalue weighted by molar-refractivity contribution is 7.13. The Morgan fingerprint density at radius 3 is 2.00 bits per heavy atom. The lowest BCUT2D eigenvalue weighted by Crippen LogP contribution is -1.83. The summed E-state index contributed by atoms with van der Waals surface area (Å²) in [6.07, 6.45) is 0. The van der Waals surface area contributed by atoms with Crippen molar-refractivity contribution in [3.63, 3.8) is 0 Å². The van der Waals surface area contributed by atoms with Gasteiger partial charge in [0.25, 0.3) is 0 Å². The Hall–Kier alpha value is -2.13. The van der Waals surface area contributed by atoms with Crippen LogP contribution in [0.25, 0.3) is 21.7 Å². The first kappa shape index (κ1) is 11.0. The van der Waals surface area contributed by atoms with Crippen LogP contribution in [0.1, 0.15) is 0 Å². The molecule has 3 heteroatoms. The van der Waals surface area contributed by atoms with E-state index in [2.05, 4.69) is 41.4 Å². The number of nitrogens with zero attached hydrogens (tertiary/aromatic N) is 1. The smallest absolute Gasteiger partial charge is 0.135 e. The molecule has 0 spiro atoms. The number of benzene rings is 2. The van der Waals surface area contributed by atoms with Crippen molar-refractivity contribution in [2.45, 2.75) is 0 Å².